The Morgan fingerprint density at radius 1 is 1.24 bits per heavy atom. The highest BCUT2D eigenvalue weighted by atomic mass is 35.5. The van der Waals surface area contributed by atoms with Gasteiger partial charge in [-0.25, -0.2) is 4.39 Å². The van der Waals surface area contributed by atoms with Crippen LogP contribution in [0.3, 0.4) is 0 Å². The topological polar surface area (TPSA) is 21.3 Å². The third-order valence-electron chi connectivity index (χ3n) is 3.47. The molecule has 0 aliphatic rings. The highest BCUT2D eigenvalue weighted by molar-refractivity contribution is 6.32. The van der Waals surface area contributed by atoms with Crippen LogP contribution < -0.4 is 10.1 Å². The van der Waals surface area contributed by atoms with Crippen LogP contribution in [0.4, 0.5) is 4.39 Å². The molecular weight excluding hydrogens is 289 g/mol. The van der Waals surface area contributed by atoms with Crippen LogP contribution in [0.1, 0.15) is 29.7 Å². The molecule has 0 amide bonds. The average Bonchev–Trinajstić information content (AvgIpc) is 2.48. The van der Waals surface area contributed by atoms with Crippen molar-refractivity contribution in [2.24, 2.45) is 0 Å². The molecule has 1 atom stereocenters. The van der Waals surface area contributed by atoms with Crippen molar-refractivity contribution >= 4 is 11.6 Å². The first-order valence-electron chi connectivity index (χ1n) is 6.89. The monoisotopic (exact) mass is 307 g/mol. The normalized spacial score (nSPS) is 12.2. The van der Waals surface area contributed by atoms with Crippen LogP contribution in [0.15, 0.2) is 36.4 Å². The van der Waals surface area contributed by atoms with Gasteiger partial charge in [0.15, 0.2) is 0 Å². The predicted molar refractivity (Wildman–Crippen MR) is 84.7 cm³/mol. The zero-order valence-electron chi connectivity index (χ0n) is 12.4. The SMILES string of the molecule is CCNC(c1ccc(Cl)c(OC)c1)c1cc(F)ccc1C. The van der Waals surface area contributed by atoms with Crippen molar-refractivity contribution in [2.75, 3.05) is 13.7 Å². The average molecular weight is 308 g/mol. The Labute approximate surface area is 129 Å². The number of rotatable bonds is 5. The molecule has 0 heterocycles. The van der Waals surface area contributed by atoms with E-state index in [2.05, 4.69) is 5.32 Å². The highest BCUT2D eigenvalue weighted by Gasteiger charge is 2.17. The molecule has 21 heavy (non-hydrogen) atoms. The fourth-order valence-corrected chi connectivity index (χ4v) is 2.58. The standard InChI is InChI=1S/C17H19ClFNO/c1-4-20-17(14-10-13(19)7-5-11(14)2)12-6-8-15(18)16(9-12)21-3/h5-10,17,20H,4H2,1-3H3. The van der Waals surface area contributed by atoms with Gasteiger partial charge in [0.25, 0.3) is 0 Å². The Balaban J connectivity index is 2.50. The molecule has 112 valence electrons. The summed E-state index contributed by atoms with van der Waals surface area (Å²) >= 11 is 6.08. The molecule has 2 aromatic rings. The second kappa shape index (κ2) is 6.92. The second-order valence-electron chi connectivity index (χ2n) is 4.89. The van der Waals surface area contributed by atoms with E-state index in [1.165, 1.54) is 6.07 Å². The Morgan fingerprint density at radius 3 is 2.67 bits per heavy atom. The molecule has 2 aromatic carbocycles. The largest absolute Gasteiger partial charge is 0.495 e. The number of nitrogens with one attached hydrogen (secondary N) is 1. The highest BCUT2D eigenvalue weighted by Crippen LogP contribution is 2.31. The molecule has 0 saturated heterocycles. The maximum absolute atomic E-state index is 13.6. The predicted octanol–water partition coefficient (Wildman–Crippen LogP) is 4.50. The summed E-state index contributed by atoms with van der Waals surface area (Å²) in [5, 5.41) is 3.95. The first-order chi connectivity index (χ1) is 10.1. The first-order valence-corrected chi connectivity index (χ1v) is 7.27. The lowest BCUT2D eigenvalue weighted by molar-refractivity contribution is 0.414. The van der Waals surface area contributed by atoms with Crippen molar-refractivity contribution in [3.8, 4) is 5.75 Å². The molecule has 0 radical (unpaired) electrons. The third-order valence-corrected chi connectivity index (χ3v) is 3.78. The van der Waals surface area contributed by atoms with E-state index in [0.29, 0.717) is 10.8 Å². The van der Waals surface area contributed by atoms with Gasteiger partial charge >= 0.3 is 0 Å². The van der Waals surface area contributed by atoms with Gasteiger partial charge in [0.2, 0.25) is 0 Å². The lowest BCUT2D eigenvalue weighted by Gasteiger charge is -2.22. The maximum Gasteiger partial charge on any atom is 0.137 e. The van der Waals surface area contributed by atoms with Crippen molar-refractivity contribution in [1.29, 1.82) is 0 Å². The van der Waals surface area contributed by atoms with E-state index in [1.807, 2.05) is 26.0 Å². The van der Waals surface area contributed by atoms with E-state index >= 15 is 0 Å². The lowest BCUT2D eigenvalue weighted by atomic mass is 9.94. The van der Waals surface area contributed by atoms with Crippen molar-refractivity contribution in [1.82, 2.24) is 5.32 Å². The van der Waals surface area contributed by atoms with Crippen molar-refractivity contribution in [2.45, 2.75) is 19.9 Å². The van der Waals surface area contributed by atoms with Crippen LogP contribution in [-0.4, -0.2) is 13.7 Å². The van der Waals surface area contributed by atoms with E-state index < -0.39 is 0 Å². The number of ether oxygens (including phenoxy) is 1. The van der Waals surface area contributed by atoms with Gasteiger partial charge in [0, 0.05) is 0 Å². The summed E-state index contributed by atoms with van der Waals surface area (Å²) in [5.41, 5.74) is 2.95. The van der Waals surface area contributed by atoms with E-state index in [9.17, 15) is 4.39 Å². The Morgan fingerprint density at radius 2 is 2.00 bits per heavy atom. The van der Waals surface area contributed by atoms with Gasteiger partial charge in [-0.3, -0.25) is 0 Å². The minimum atomic E-state index is -0.237. The van der Waals surface area contributed by atoms with Gasteiger partial charge in [0.05, 0.1) is 18.2 Å². The summed E-state index contributed by atoms with van der Waals surface area (Å²) in [6.07, 6.45) is 0. The van der Waals surface area contributed by atoms with Crippen LogP contribution in [0.25, 0.3) is 0 Å². The Bertz CT molecular complexity index is 630. The molecule has 0 bridgehead atoms. The molecule has 1 N–H and O–H groups in total. The minimum absolute atomic E-state index is 0.100. The second-order valence-corrected chi connectivity index (χ2v) is 5.29. The molecule has 0 spiro atoms. The first kappa shape index (κ1) is 15.8. The van der Waals surface area contributed by atoms with Crippen molar-refractivity contribution in [3.05, 3.63) is 63.9 Å². The van der Waals surface area contributed by atoms with Crippen molar-refractivity contribution in [3.63, 3.8) is 0 Å². The van der Waals surface area contributed by atoms with Crippen LogP contribution in [0.5, 0.6) is 5.75 Å². The number of aryl methyl sites for hydroxylation is 1. The summed E-state index contributed by atoms with van der Waals surface area (Å²) in [5.74, 6) is 0.380. The van der Waals surface area contributed by atoms with E-state index in [4.69, 9.17) is 16.3 Å². The minimum Gasteiger partial charge on any atom is -0.495 e. The summed E-state index contributed by atoms with van der Waals surface area (Å²) in [6, 6.07) is 10.4. The van der Waals surface area contributed by atoms with Gasteiger partial charge in [-0.2, -0.15) is 0 Å². The summed E-state index contributed by atoms with van der Waals surface area (Å²) < 4.78 is 18.9. The van der Waals surface area contributed by atoms with Gasteiger partial charge in [-0.05, 0) is 54.4 Å². The van der Waals surface area contributed by atoms with Gasteiger partial charge in [-0.15, -0.1) is 0 Å². The molecule has 0 fully saturated rings. The molecule has 1 unspecified atom stereocenters. The van der Waals surface area contributed by atoms with E-state index in [-0.39, 0.29) is 11.9 Å². The molecule has 2 rings (SSSR count). The molecule has 0 aliphatic carbocycles. The molecule has 0 aromatic heterocycles. The summed E-state index contributed by atoms with van der Waals surface area (Å²) in [7, 11) is 1.58. The number of halogens is 2. The third kappa shape index (κ3) is 3.55. The molecule has 4 heteroatoms. The van der Waals surface area contributed by atoms with Gasteiger partial charge in [0.1, 0.15) is 11.6 Å². The summed E-state index contributed by atoms with van der Waals surface area (Å²) in [6.45, 7) is 4.77. The fourth-order valence-electron chi connectivity index (χ4n) is 2.39. The number of hydrogen-bond acceptors (Lipinski definition) is 2. The van der Waals surface area contributed by atoms with Gasteiger partial charge in [-0.1, -0.05) is 30.7 Å². The molecule has 0 saturated carbocycles. The van der Waals surface area contributed by atoms with Crippen LogP contribution in [0, 0.1) is 12.7 Å². The maximum atomic E-state index is 13.6. The lowest BCUT2D eigenvalue weighted by Crippen LogP contribution is -2.23. The van der Waals surface area contributed by atoms with Crippen LogP contribution >= 0.6 is 11.6 Å². The number of hydrogen-bond donors (Lipinski definition) is 1. The Kier molecular flexibility index (Phi) is 5.21. The molecule has 0 aliphatic heterocycles. The van der Waals surface area contributed by atoms with Crippen LogP contribution in [0.2, 0.25) is 5.02 Å². The van der Waals surface area contributed by atoms with Crippen LogP contribution in [-0.2, 0) is 0 Å². The quantitative estimate of drug-likeness (QED) is 0.878. The van der Waals surface area contributed by atoms with E-state index in [0.717, 1.165) is 23.2 Å². The number of benzene rings is 2. The zero-order valence-corrected chi connectivity index (χ0v) is 13.2. The summed E-state index contributed by atoms with van der Waals surface area (Å²) in [4.78, 5) is 0. The van der Waals surface area contributed by atoms with E-state index in [1.54, 1.807) is 25.3 Å². The Hall–Kier alpha value is -1.58. The molecule has 2 nitrogen and oxygen atoms in total. The zero-order chi connectivity index (χ0) is 15.4. The smallest absolute Gasteiger partial charge is 0.137 e. The molecular formula is C17H19ClFNO. The fraction of sp³-hybridized carbons (Fsp3) is 0.294. The van der Waals surface area contributed by atoms with Gasteiger partial charge < -0.3 is 10.1 Å². The van der Waals surface area contributed by atoms with Crippen molar-refractivity contribution < 1.29 is 9.13 Å². The number of methoxy groups -OCH3 is 1.